The number of carbonyl (C=O) groups excluding carboxylic acids is 2. The van der Waals surface area contributed by atoms with Crippen molar-refractivity contribution in [3.8, 4) is 5.75 Å². The molecule has 0 spiro atoms. The van der Waals surface area contributed by atoms with Crippen LogP contribution in [0.3, 0.4) is 0 Å². The highest BCUT2D eigenvalue weighted by Gasteiger charge is 2.13. The molecule has 0 heterocycles. The summed E-state index contributed by atoms with van der Waals surface area (Å²) in [6.45, 7) is 0.274. The lowest BCUT2D eigenvalue weighted by Gasteiger charge is -2.13. The molecule has 0 unspecified atom stereocenters. The summed E-state index contributed by atoms with van der Waals surface area (Å²) in [6.07, 6.45) is 0. The lowest BCUT2D eigenvalue weighted by Crippen LogP contribution is -2.34. The van der Waals surface area contributed by atoms with E-state index in [2.05, 4.69) is 10.6 Å². The van der Waals surface area contributed by atoms with Crippen LogP contribution in [-0.4, -0.2) is 33.0 Å². The Balaban J connectivity index is 1.86. The van der Waals surface area contributed by atoms with Crippen LogP contribution in [0.1, 0.15) is 5.56 Å². The Hall–Kier alpha value is -3.02. The predicted octanol–water partition coefficient (Wildman–Crippen LogP) is 2.02. The maximum atomic E-state index is 11.9. The highest BCUT2D eigenvalue weighted by Crippen LogP contribution is 2.15. The minimum absolute atomic E-state index is 0.274. The maximum absolute atomic E-state index is 11.9. The monoisotopic (exact) mass is 327 g/mol. The third kappa shape index (κ3) is 4.74. The lowest BCUT2D eigenvalue weighted by atomic mass is 10.2. The average molecular weight is 327 g/mol. The first-order valence-corrected chi connectivity index (χ1v) is 7.49. The van der Waals surface area contributed by atoms with E-state index in [0.29, 0.717) is 5.69 Å². The number of carbonyl (C=O) groups is 2. The summed E-state index contributed by atoms with van der Waals surface area (Å²) in [5, 5.41) is 5.16. The van der Waals surface area contributed by atoms with Gasteiger partial charge in [-0.1, -0.05) is 12.1 Å². The summed E-state index contributed by atoms with van der Waals surface area (Å²) < 4.78 is 5.07. The van der Waals surface area contributed by atoms with Gasteiger partial charge < -0.3 is 20.3 Å². The molecule has 0 aromatic heterocycles. The van der Waals surface area contributed by atoms with Crippen molar-refractivity contribution in [2.24, 2.45) is 0 Å². The fourth-order valence-electron chi connectivity index (χ4n) is 2.04. The highest BCUT2D eigenvalue weighted by molar-refractivity contribution is 6.39. The maximum Gasteiger partial charge on any atom is 0.313 e. The molecular formula is C18H21N3O3. The number of nitrogens with zero attached hydrogens (tertiary/aromatic N) is 1. The van der Waals surface area contributed by atoms with Crippen LogP contribution in [0.2, 0.25) is 0 Å². The number of benzene rings is 2. The summed E-state index contributed by atoms with van der Waals surface area (Å²) in [4.78, 5) is 25.7. The van der Waals surface area contributed by atoms with Crippen molar-refractivity contribution in [1.29, 1.82) is 0 Å². The van der Waals surface area contributed by atoms with Gasteiger partial charge in [-0.05, 0) is 42.0 Å². The number of nitrogens with one attached hydrogen (secondary N) is 2. The molecule has 2 N–H and O–H groups in total. The van der Waals surface area contributed by atoms with Gasteiger partial charge in [-0.25, -0.2) is 0 Å². The Morgan fingerprint density at radius 3 is 2.12 bits per heavy atom. The molecular weight excluding hydrogens is 306 g/mol. The lowest BCUT2D eigenvalue weighted by molar-refractivity contribution is -0.136. The fraction of sp³-hybridized carbons (Fsp3) is 0.222. The Morgan fingerprint density at radius 1 is 0.958 bits per heavy atom. The minimum Gasteiger partial charge on any atom is -0.497 e. The van der Waals surface area contributed by atoms with Crippen LogP contribution in [0.5, 0.6) is 5.75 Å². The number of amides is 2. The second-order valence-electron chi connectivity index (χ2n) is 5.43. The molecule has 2 aromatic carbocycles. The molecule has 6 heteroatoms. The number of methoxy groups -OCH3 is 1. The zero-order valence-corrected chi connectivity index (χ0v) is 14.0. The third-order valence-electron chi connectivity index (χ3n) is 3.46. The van der Waals surface area contributed by atoms with E-state index >= 15 is 0 Å². The van der Waals surface area contributed by atoms with Crippen LogP contribution in [-0.2, 0) is 16.1 Å². The molecule has 2 aromatic rings. The summed E-state index contributed by atoms with van der Waals surface area (Å²) in [5.41, 5.74) is 2.47. The van der Waals surface area contributed by atoms with Gasteiger partial charge in [0.1, 0.15) is 5.75 Å². The van der Waals surface area contributed by atoms with E-state index in [1.807, 2.05) is 43.3 Å². The van der Waals surface area contributed by atoms with Gasteiger partial charge in [0.25, 0.3) is 0 Å². The first-order valence-electron chi connectivity index (χ1n) is 7.49. The van der Waals surface area contributed by atoms with Crippen molar-refractivity contribution in [2.75, 3.05) is 31.4 Å². The van der Waals surface area contributed by atoms with Gasteiger partial charge in [0.2, 0.25) is 0 Å². The predicted molar refractivity (Wildman–Crippen MR) is 94.2 cm³/mol. The van der Waals surface area contributed by atoms with Gasteiger partial charge in [-0.2, -0.15) is 0 Å². The normalized spacial score (nSPS) is 9.96. The molecule has 0 saturated carbocycles. The topological polar surface area (TPSA) is 70.7 Å². The third-order valence-corrected chi connectivity index (χ3v) is 3.46. The molecule has 126 valence electrons. The van der Waals surface area contributed by atoms with Crippen LogP contribution in [0.15, 0.2) is 48.5 Å². The Kier molecular flexibility index (Phi) is 5.78. The zero-order valence-electron chi connectivity index (χ0n) is 14.0. The van der Waals surface area contributed by atoms with Crippen molar-refractivity contribution < 1.29 is 14.3 Å². The van der Waals surface area contributed by atoms with Crippen LogP contribution in [0.4, 0.5) is 11.4 Å². The smallest absolute Gasteiger partial charge is 0.313 e. The largest absolute Gasteiger partial charge is 0.497 e. The molecule has 0 fully saturated rings. The Bertz CT molecular complexity index is 694. The van der Waals surface area contributed by atoms with Crippen LogP contribution < -0.4 is 20.3 Å². The molecule has 0 bridgehead atoms. The van der Waals surface area contributed by atoms with Gasteiger partial charge in [0.15, 0.2) is 0 Å². The molecule has 0 aliphatic rings. The van der Waals surface area contributed by atoms with Gasteiger partial charge in [0, 0.05) is 32.0 Å². The zero-order chi connectivity index (χ0) is 17.5. The minimum atomic E-state index is -0.693. The first-order chi connectivity index (χ1) is 11.5. The van der Waals surface area contributed by atoms with Crippen molar-refractivity contribution in [2.45, 2.75) is 6.54 Å². The summed E-state index contributed by atoms with van der Waals surface area (Å²) in [6, 6.07) is 14.5. The molecule has 24 heavy (non-hydrogen) atoms. The van der Waals surface area contributed by atoms with Crippen LogP contribution >= 0.6 is 0 Å². The van der Waals surface area contributed by atoms with Gasteiger partial charge in [-0.3, -0.25) is 9.59 Å². The van der Waals surface area contributed by atoms with Crippen molar-refractivity contribution in [3.05, 3.63) is 54.1 Å². The fourth-order valence-corrected chi connectivity index (χ4v) is 2.04. The number of hydrogen-bond donors (Lipinski definition) is 2. The van der Waals surface area contributed by atoms with Crippen LogP contribution in [0, 0.1) is 0 Å². The second-order valence-corrected chi connectivity index (χ2v) is 5.43. The van der Waals surface area contributed by atoms with E-state index in [1.54, 1.807) is 31.4 Å². The number of ether oxygens (including phenoxy) is 1. The molecule has 0 aliphatic heterocycles. The van der Waals surface area contributed by atoms with Crippen molar-refractivity contribution in [1.82, 2.24) is 5.32 Å². The van der Waals surface area contributed by atoms with Gasteiger partial charge >= 0.3 is 11.8 Å². The van der Waals surface area contributed by atoms with E-state index in [-0.39, 0.29) is 6.54 Å². The summed E-state index contributed by atoms with van der Waals surface area (Å²) in [7, 11) is 5.45. The van der Waals surface area contributed by atoms with E-state index in [4.69, 9.17) is 4.74 Å². The van der Waals surface area contributed by atoms with Crippen molar-refractivity contribution >= 4 is 23.2 Å². The second kappa shape index (κ2) is 8.01. The Labute approximate surface area is 141 Å². The van der Waals surface area contributed by atoms with E-state index in [9.17, 15) is 9.59 Å². The van der Waals surface area contributed by atoms with Crippen LogP contribution in [0.25, 0.3) is 0 Å². The van der Waals surface area contributed by atoms with E-state index in [1.165, 1.54) is 0 Å². The van der Waals surface area contributed by atoms with Gasteiger partial charge in [-0.15, -0.1) is 0 Å². The van der Waals surface area contributed by atoms with Crippen molar-refractivity contribution in [3.63, 3.8) is 0 Å². The molecule has 2 rings (SSSR count). The van der Waals surface area contributed by atoms with E-state index < -0.39 is 11.8 Å². The number of rotatable bonds is 5. The molecule has 0 atom stereocenters. The molecule has 6 nitrogen and oxygen atoms in total. The summed E-state index contributed by atoms with van der Waals surface area (Å²) >= 11 is 0. The highest BCUT2D eigenvalue weighted by atomic mass is 16.5. The molecule has 2 amide bonds. The average Bonchev–Trinajstić information content (AvgIpc) is 2.60. The first kappa shape index (κ1) is 17.3. The summed E-state index contributed by atoms with van der Waals surface area (Å²) in [5.74, 6) is -0.632. The van der Waals surface area contributed by atoms with Gasteiger partial charge in [0.05, 0.1) is 7.11 Å². The SMILES string of the molecule is COc1ccc(CNC(=O)C(=O)Nc2ccc(N(C)C)cc2)cc1. The molecule has 0 aliphatic carbocycles. The molecule has 0 radical (unpaired) electrons. The number of anilines is 2. The standard InChI is InChI=1S/C18H21N3O3/c1-21(2)15-8-6-14(7-9-15)20-18(23)17(22)19-12-13-4-10-16(24-3)11-5-13/h4-11H,12H2,1-3H3,(H,19,22)(H,20,23). The Morgan fingerprint density at radius 2 is 1.58 bits per heavy atom. The number of hydrogen-bond acceptors (Lipinski definition) is 4. The van der Waals surface area contributed by atoms with E-state index in [0.717, 1.165) is 17.0 Å². The molecule has 0 saturated heterocycles. The quantitative estimate of drug-likeness (QED) is 0.824.